The van der Waals surface area contributed by atoms with Crippen molar-refractivity contribution in [2.75, 3.05) is 11.4 Å². The van der Waals surface area contributed by atoms with Gasteiger partial charge in [-0.1, -0.05) is 6.92 Å². The van der Waals surface area contributed by atoms with Crippen LogP contribution >= 0.6 is 22.6 Å². The van der Waals surface area contributed by atoms with Crippen LogP contribution in [-0.2, 0) is 0 Å². The molecule has 0 saturated heterocycles. The van der Waals surface area contributed by atoms with Crippen LogP contribution in [0.15, 0.2) is 12.4 Å². The van der Waals surface area contributed by atoms with Crippen molar-refractivity contribution in [3.8, 4) is 0 Å². The minimum absolute atomic E-state index is 0.500. The molecule has 0 aliphatic carbocycles. The van der Waals surface area contributed by atoms with E-state index in [4.69, 9.17) is 0 Å². The van der Waals surface area contributed by atoms with Crippen LogP contribution < -0.4 is 4.90 Å². The third-order valence-corrected chi connectivity index (χ3v) is 2.88. The molecule has 0 aliphatic rings. The van der Waals surface area contributed by atoms with Crippen molar-refractivity contribution < 1.29 is 0 Å². The zero-order valence-corrected chi connectivity index (χ0v) is 11.0. The molecule has 0 aromatic carbocycles. The first kappa shape index (κ1) is 11.7. The fourth-order valence-corrected chi connectivity index (χ4v) is 1.60. The fourth-order valence-electron chi connectivity index (χ4n) is 1.32. The van der Waals surface area contributed by atoms with E-state index in [1.165, 1.54) is 0 Å². The Hall–Kier alpha value is -0.390. The molecule has 0 spiro atoms. The number of aromatic nitrogens is 2. The minimum atomic E-state index is 0.500. The van der Waals surface area contributed by atoms with Gasteiger partial charge < -0.3 is 4.90 Å². The highest BCUT2D eigenvalue weighted by Gasteiger charge is 2.12. The first-order chi connectivity index (χ1) is 6.69. The standard InChI is InChI=1S/C10H16IN3/c1-4-8(3)14(5-2)10-12-6-9(11)7-13-10/h6-8H,4-5H2,1-3H3. The molecule has 1 aromatic rings. The van der Waals surface area contributed by atoms with Crippen LogP contribution in [0.3, 0.4) is 0 Å². The summed E-state index contributed by atoms with van der Waals surface area (Å²) >= 11 is 2.22. The van der Waals surface area contributed by atoms with Gasteiger partial charge in [0.05, 0.1) is 0 Å². The second-order valence-corrected chi connectivity index (χ2v) is 4.49. The predicted molar refractivity (Wildman–Crippen MR) is 67.5 cm³/mol. The van der Waals surface area contributed by atoms with Crippen molar-refractivity contribution in [2.45, 2.75) is 33.2 Å². The van der Waals surface area contributed by atoms with Gasteiger partial charge in [-0.15, -0.1) is 0 Å². The number of nitrogens with zero attached hydrogens (tertiary/aromatic N) is 3. The van der Waals surface area contributed by atoms with Gasteiger partial charge in [0, 0.05) is 28.6 Å². The second-order valence-electron chi connectivity index (χ2n) is 3.24. The topological polar surface area (TPSA) is 29.0 Å². The quantitative estimate of drug-likeness (QED) is 0.801. The molecule has 0 radical (unpaired) electrons. The largest absolute Gasteiger partial charge is 0.338 e. The highest BCUT2D eigenvalue weighted by molar-refractivity contribution is 14.1. The van der Waals surface area contributed by atoms with Crippen molar-refractivity contribution in [3.63, 3.8) is 0 Å². The summed E-state index contributed by atoms with van der Waals surface area (Å²) in [4.78, 5) is 10.9. The van der Waals surface area contributed by atoms with Gasteiger partial charge in [0.15, 0.2) is 0 Å². The minimum Gasteiger partial charge on any atom is -0.338 e. The SMILES string of the molecule is CCC(C)N(CC)c1ncc(I)cn1. The number of hydrogen-bond acceptors (Lipinski definition) is 3. The van der Waals surface area contributed by atoms with E-state index >= 15 is 0 Å². The molecule has 78 valence electrons. The van der Waals surface area contributed by atoms with Crippen LogP contribution in [-0.4, -0.2) is 22.6 Å². The third kappa shape index (κ3) is 2.80. The zero-order valence-electron chi connectivity index (χ0n) is 8.87. The van der Waals surface area contributed by atoms with Crippen LogP contribution in [0.25, 0.3) is 0 Å². The van der Waals surface area contributed by atoms with Gasteiger partial charge in [0.25, 0.3) is 0 Å². The Morgan fingerprint density at radius 1 is 1.36 bits per heavy atom. The highest BCUT2D eigenvalue weighted by Crippen LogP contribution is 2.13. The molecule has 1 atom stereocenters. The maximum atomic E-state index is 4.33. The molecule has 1 unspecified atom stereocenters. The van der Waals surface area contributed by atoms with E-state index in [1.54, 1.807) is 0 Å². The zero-order chi connectivity index (χ0) is 10.6. The lowest BCUT2D eigenvalue weighted by molar-refractivity contribution is 0.614. The van der Waals surface area contributed by atoms with E-state index in [1.807, 2.05) is 12.4 Å². The molecule has 0 N–H and O–H groups in total. The Morgan fingerprint density at radius 3 is 2.36 bits per heavy atom. The van der Waals surface area contributed by atoms with Crippen LogP contribution in [0.2, 0.25) is 0 Å². The second kappa shape index (κ2) is 5.48. The molecule has 14 heavy (non-hydrogen) atoms. The summed E-state index contributed by atoms with van der Waals surface area (Å²) in [5.41, 5.74) is 0. The predicted octanol–water partition coefficient (Wildman–Crippen LogP) is 2.71. The summed E-state index contributed by atoms with van der Waals surface area (Å²) in [6.45, 7) is 7.47. The molecule has 0 aliphatic heterocycles. The molecule has 0 fully saturated rings. The third-order valence-electron chi connectivity index (χ3n) is 2.33. The Morgan fingerprint density at radius 2 is 1.93 bits per heavy atom. The lowest BCUT2D eigenvalue weighted by atomic mass is 10.2. The van der Waals surface area contributed by atoms with Gasteiger partial charge in [-0.3, -0.25) is 0 Å². The summed E-state index contributed by atoms with van der Waals surface area (Å²) in [5.74, 6) is 0.835. The summed E-state index contributed by atoms with van der Waals surface area (Å²) in [7, 11) is 0. The number of hydrogen-bond donors (Lipinski definition) is 0. The van der Waals surface area contributed by atoms with Gasteiger partial charge in [-0.25, -0.2) is 9.97 Å². The molecule has 3 nitrogen and oxygen atoms in total. The summed E-state index contributed by atoms with van der Waals surface area (Å²) in [5, 5.41) is 0. The van der Waals surface area contributed by atoms with Crippen molar-refractivity contribution in [1.82, 2.24) is 9.97 Å². The first-order valence-corrected chi connectivity index (χ1v) is 6.01. The molecule has 0 amide bonds. The average Bonchev–Trinajstić information content (AvgIpc) is 2.21. The Labute approximate surface area is 99.1 Å². The van der Waals surface area contributed by atoms with Gasteiger partial charge in [-0.05, 0) is 42.9 Å². The van der Waals surface area contributed by atoms with Gasteiger partial charge in [0.2, 0.25) is 5.95 Å². The molecule has 1 rings (SSSR count). The summed E-state index contributed by atoms with van der Waals surface area (Å²) in [6, 6.07) is 0.500. The monoisotopic (exact) mass is 305 g/mol. The summed E-state index contributed by atoms with van der Waals surface area (Å²) < 4.78 is 1.08. The smallest absolute Gasteiger partial charge is 0.225 e. The maximum Gasteiger partial charge on any atom is 0.225 e. The average molecular weight is 305 g/mol. The van der Waals surface area contributed by atoms with Crippen LogP contribution in [0, 0.1) is 3.57 Å². The van der Waals surface area contributed by atoms with Gasteiger partial charge in [-0.2, -0.15) is 0 Å². The highest BCUT2D eigenvalue weighted by atomic mass is 127. The lowest BCUT2D eigenvalue weighted by Crippen LogP contribution is -2.33. The van der Waals surface area contributed by atoms with E-state index in [2.05, 4.69) is 58.2 Å². The van der Waals surface area contributed by atoms with E-state index in [-0.39, 0.29) is 0 Å². The van der Waals surface area contributed by atoms with Crippen molar-refractivity contribution in [2.24, 2.45) is 0 Å². The van der Waals surface area contributed by atoms with Crippen LogP contribution in [0.4, 0.5) is 5.95 Å². The number of rotatable bonds is 4. The Kier molecular flexibility index (Phi) is 4.57. The Balaban J connectivity index is 2.84. The number of anilines is 1. The van der Waals surface area contributed by atoms with E-state index in [0.29, 0.717) is 6.04 Å². The Bertz CT molecular complexity index is 273. The van der Waals surface area contributed by atoms with E-state index < -0.39 is 0 Å². The molecule has 4 heteroatoms. The van der Waals surface area contributed by atoms with Gasteiger partial charge in [0.1, 0.15) is 0 Å². The molecule has 0 bridgehead atoms. The first-order valence-electron chi connectivity index (χ1n) is 4.93. The maximum absolute atomic E-state index is 4.33. The van der Waals surface area contributed by atoms with E-state index in [9.17, 15) is 0 Å². The van der Waals surface area contributed by atoms with Crippen LogP contribution in [0.5, 0.6) is 0 Å². The summed E-state index contributed by atoms with van der Waals surface area (Å²) in [6.07, 6.45) is 4.82. The lowest BCUT2D eigenvalue weighted by Gasteiger charge is -2.26. The van der Waals surface area contributed by atoms with E-state index in [0.717, 1.165) is 22.5 Å². The van der Waals surface area contributed by atoms with Crippen molar-refractivity contribution in [3.05, 3.63) is 16.0 Å². The van der Waals surface area contributed by atoms with Crippen molar-refractivity contribution in [1.29, 1.82) is 0 Å². The fraction of sp³-hybridized carbons (Fsp3) is 0.600. The molecular formula is C10H16IN3. The molecule has 0 saturated carbocycles. The molecule has 1 heterocycles. The van der Waals surface area contributed by atoms with Crippen molar-refractivity contribution >= 4 is 28.5 Å². The number of halogens is 1. The molecular weight excluding hydrogens is 289 g/mol. The van der Waals surface area contributed by atoms with Crippen LogP contribution in [0.1, 0.15) is 27.2 Å². The van der Waals surface area contributed by atoms with Gasteiger partial charge >= 0.3 is 0 Å². The molecule has 1 aromatic heterocycles. The normalized spacial score (nSPS) is 12.6.